The van der Waals surface area contributed by atoms with E-state index in [1.165, 1.54) is 0 Å². The molecule has 2 aromatic carbocycles. The van der Waals surface area contributed by atoms with Crippen LogP contribution in [0.15, 0.2) is 42.5 Å². The van der Waals surface area contributed by atoms with Crippen LogP contribution in [0.25, 0.3) is 0 Å². The zero-order valence-electron chi connectivity index (χ0n) is 28.2. The molecular formula is C35H51F2N3O7S. The molecule has 1 aliphatic heterocycles. The molecule has 0 saturated carbocycles. The lowest BCUT2D eigenvalue weighted by atomic mass is 10.0. The van der Waals surface area contributed by atoms with E-state index in [2.05, 4.69) is 10.6 Å². The molecule has 4 N–H and O–H groups in total. The normalized spacial score (nSPS) is 15.9. The minimum Gasteiger partial charge on any atom is -0.458 e. The van der Waals surface area contributed by atoms with Crippen molar-refractivity contribution in [3.05, 3.63) is 70.8 Å². The summed E-state index contributed by atoms with van der Waals surface area (Å²) in [7, 11) is -3.86. The second-order valence-corrected chi connectivity index (χ2v) is 14.7. The average molecular weight is 696 g/mol. The van der Waals surface area contributed by atoms with Crippen molar-refractivity contribution in [3.8, 4) is 0 Å². The van der Waals surface area contributed by atoms with Gasteiger partial charge in [-0.15, -0.1) is 0 Å². The Morgan fingerprint density at radius 2 is 1.62 bits per heavy atom. The fourth-order valence-corrected chi connectivity index (χ4v) is 7.91. The molecule has 3 atom stereocenters. The molecule has 0 radical (unpaired) electrons. The summed E-state index contributed by atoms with van der Waals surface area (Å²) in [5.41, 5.74) is 8.89. The summed E-state index contributed by atoms with van der Waals surface area (Å²) >= 11 is 0. The monoisotopic (exact) mass is 695 g/mol. The number of ether oxygens (including phenoxy) is 3. The zero-order valence-corrected chi connectivity index (χ0v) is 29.0. The first-order valence-electron chi connectivity index (χ1n) is 16.9. The maximum atomic E-state index is 14.0. The highest BCUT2D eigenvalue weighted by molar-refractivity contribution is 7.92. The van der Waals surface area contributed by atoms with Gasteiger partial charge in [0.25, 0.3) is 0 Å². The lowest BCUT2D eigenvalue weighted by Gasteiger charge is -2.28. The van der Waals surface area contributed by atoms with Crippen LogP contribution in [0.1, 0.15) is 76.0 Å². The number of carbonyl (C=O) groups is 2. The third-order valence-corrected chi connectivity index (χ3v) is 10.6. The Balaban J connectivity index is 1.84. The minimum absolute atomic E-state index is 0.0430. The van der Waals surface area contributed by atoms with Gasteiger partial charge in [0.05, 0.1) is 24.2 Å². The Kier molecular flexibility index (Phi) is 16.2. The predicted molar refractivity (Wildman–Crippen MR) is 180 cm³/mol. The van der Waals surface area contributed by atoms with E-state index in [0.29, 0.717) is 58.3 Å². The van der Waals surface area contributed by atoms with Gasteiger partial charge in [-0.05, 0) is 54.5 Å². The molecule has 13 heteroatoms. The van der Waals surface area contributed by atoms with Gasteiger partial charge in [0, 0.05) is 38.0 Å². The van der Waals surface area contributed by atoms with Crippen LogP contribution in [0.2, 0.25) is 0 Å². The van der Waals surface area contributed by atoms with Gasteiger partial charge in [-0.3, -0.25) is 0 Å². The third kappa shape index (κ3) is 13.1. The lowest BCUT2D eigenvalue weighted by Crippen LogP contribution is -2.52. The molecule has 1 saturated heterocycles. The summed E-state index contributed by atoms with van der Waals surface area (Å²) in [5.74, 6) is -3.24. The molecule has 1 heterocycles. The van der Waals surface area contributed by atoms with Crippen molar-refractivity contribution in [1.29, 1.82) is 0 Å². The van der Waals surface area contributed by atoms with Gasteiger partial charge < -0.3 is 30.6 Å². The van der Waals surface area contributed by atoms with Gasteiger partial charge in [-0.25, -0.2) is 26.8 Å². The number of rotatable bonds is 19. The molecule has 1 unspecified atom stereocenters. The van der Waals surface area contributed by atoms with Gasteiger partial charge in [-0.2, -0.15) is 0 Å². The quantitative estimate of drug-likeness (QED) is 0.177. The number of esters is 1. The number of hydrogen-bond donors (Lipinski definition) is 3. The van der Waals surface area contributed by atoms with E-state index < -0.39 is 68.8 Å². The third-order valence-electron chi connectivity index (χ3n) is 8.36. The molecule has 0 spiro atoms. The molecule has 268 valence electrons. The number of nitrogens with one attached hydrogen (secondary N) is 2. The molecule has 0 aromatic heterocycles. The van der Waals surface area contributed by atoms with Gasteiger partial charge >= 0.3 is 12.1 Å². The molecule has 1 fully saturated rings. The smallest absolute Gasteiger partial charge is 0.408 e. The van der Waals surface area contributed by atoms with Crippen molar-refractivity contribution in [2.24, 2.45) is 5.73 Å². The van der Waals surface area contributed by atoms with Crippen molar-refractivity contribution in [2.45, 2.75) is 108 Å². The summed E-state index contributed by atoms with van der Waals surface area (Å²) in [6, 6.07) is 8.47. The van der Waals surface area contributed by atoms with Gasteiger partial charge in [0.2, 0.25) is 0 Å². The van der Waals surface area contributed by atoms with Crippen LogP contribution >= 0.6 is 0 Å². The van der Waals surface area contributed by atoms with Crippen molar-refractivity contribution in [3.63, 3.8) is 0 Å². The van der Waals surface area contributed by atoms with Crippen LogP contribution in [-0.2, 0) is 48.2 Å². The number of alkyl carbamates (subject to hydrolysis) is 1. The summed E-state index contributed by atoms with van der Waals surface area (Å²) in [5, 5.41) is 4.98. The van der Waals surface area contributed by atoms with Crippen molar-refractivity contribution >= 4 is 21.9 Å². The summed E-state index contributed by atoms with van der Waals surface area (Å²) < 4.78 is 71.8. The first-order chi connectivity index (χ1) is 22.9. The first-order valence-corrected chi connectivity index (χ1v) is 18.6. The molecule has 3 rings (SSSR count). The number of nitrogens with two attached hydrogens (primary N) is 1. The molecule has 1 aliphatic rings. The lowest BCUT2D eigenvalue weighted by molar-refractivity contribution is -0.152. The Morgan fingerprint density at radius 3 is 2.25 bits per heavy atom. The highest BCUT2D eigenvalue weighted by Gasteiger charge is 2.36. The maximum absolute atomic E-state index is 14.0. The van der Waals surface area contributed by atoms with Crippen LogP contribution in [0.5, 0.6) is 0 Å². The average Bonchev–Trinajstić information content (AvgIpc) is 3.03. The number of aryl methyl sites for hydroxylation is 1. The Bertz CT molecular complexity index is 1400. The van der Waals surface area contributed by atoms with E-state index >= 15 is 0 Å². The number of benzene rings is 2. The van der Waals surface area contributed by atoms with Crippen molar-refractivity contribution < 1.29 is 41.0 Å². The Hall–Kier alpha value is -3.13. The van der Waals surface area contributed by atoms with Gasteiger partial charge in [0.15, 0.2) is 9.84 Å². The number of hydrogen-bond acceptors (Lipinski definition) is 9. The van der Waals surface area contributed by atoms with Crippen molar-refractivity contribution in [1.82, 2.24) is 10.6 Å². The van der Waals surface area contributed by atoms with Gasteiger partial charge in [-0.1, -0.05) is 57.9 Å². The van der Waals surface area contributed by atoms with Gasteiger partial charge in [0.1, 0.15) is 29.9 Å². The predicted octanol–water partition coefficient (Wildman–Crippen LogP) is 4.76. The van der Waals surface area contributed by atoms with Crippen LogP contribution < -0.4 is 16.4 Å². The number of amides is 1. The largest absolute Gasteiger partial charge is 0.458 e. The van der Waals surface area contributed by atoms with E-state index in [4.69, 9.17) is 19.9 Å². The first kappa shape index (κ1) is 39.3. The van der Waals surface area contributed by atoms with E-state index in [1.807, 2.05) is 45.0 Å². The van der Waals surface area contributed by atoms with Crippen LogP contribution in [0.4, 0.5) is 13.6 Å². The summed E-state index contributed by atoms with van der Waals surface area (Å²) in [4.78, 5) is 26.8. The second kappa shape index (κ2) is 19.8. The zero-order chi connectivity index (χ0) is 35.1. The van der Waals surface area contributed by atoms with Crippen LogP contribution in [-0.4, -0.2) is 75.5 Å². The standard InChI is InChI=1S/C35H51F2N3O7S/c1-4-8-30(9-5-2)48(43,44)23-32(40-35(42)46-29-12-14-45-15-13-29)34(41)47-33(22-39-21-25-11-7-10-24(6-3)16-25)31(38)19-26-17-27(36)20-28(37)18-26/h7,10-11,16-18,20,29-33,39H,4-6,8-9,12-15,19,21-23,38H2,1-3H3,(H,40,42)/t31-,32?,33+/m0/s1. The van der Waals surface area contributed by atoms with Crippen LogP contribution in [0.3, 0.4) is 0 Å². The number of halogens is 2. The van der Waals surface area contributed by atoms with Crippen molar-refractivity contribution in [2.75, 3.05) is 25.5 Å². The molecule has 2 aromatic rings. The van der Waals surface area contributed by atoms with E-state index in [-0.39, 0.29) is 18.5 Å². The maximum Gasteiger partial charge on any atom is 0.408 e. The number of sulfone groups is 1. The fourth-order valence-electron chi connectivity index (χ4n) is 5.77. The molecular weight excluding hydrogens is 644 g/mol. The number of carbonyl (C=O) groups excluding carboxylic acids is 2. The van der Waals surface area contributed by atoms with Crippen LogP contribution in [0, 0.1) is 11.6 Å². The molecule has 0 aliphatic carbocycles. The summed E-state index contributed by atoms with van der Waals surface area (Å²) in [6.07, 6.45) is 1.39. The molecule has 1 amide bonds. The highest BCUT2D eigenvalue weighted by Crippen LogP contribution is 2.19. The topological polar surface area (TPSA) is 146 Å². The summed E-state index contributed by atoms with van der Waals surface area (Å²) in [6.45, 7) is 7.10. The second-order valence-electron chi connectivity index (χ2n) is 12.4. The van der Waals surface area contributed by atoms with E-state index in [9.17, 15) is 26.8 Å². The van der Waals surface area contributed by atoms with E-state index in [1.54, 1.807) is 0 Å². The minimum atomic E-state index is -3.86. The SMILES string of the molecule is CCCC(CCC)S(=O)(=O)CC(NC(=O)OC1CCOCC1)C(=O)O[C@H](CNCc1cccc(CC)c1)[C@@H](N)Cc1cc(F)cc(F)c1. The molecule has 48 heavy (non-hydrogen) atoms. The van der Waals surface area contributed by atoms with E-state index in [0.717, 1.165) is 35.7 Å². The Labute approximate surface area is 283 Å². The molecule has 10 nitrogen and oxygen atoms in total. The Morgan fingerprint density at radius 1 is 0.979 bits per heavy atom. The molecule has 0 bridgehead atoms. The fraction of sp³-hybridized carbons (Fsp3) is 0.600. The highest BCUT2D eigenvalue weighted by atomic mass is 32.2.